The van der Waals surface area contributed by atoms with E-state index < -0.39 is 29.7 Å². The number of nitrogens with zero attached hydrogens (tertiary/aromatic N) is 3. The Labute approximate surface area is 209 Å². The molecule has 3 heterocycles. The topological polar surface area (TPSA) is 107 Å². The number of halogens is 1. The fourth-order valence-corrected chi connectivity index (χ4v) is 6.28. The third kappa shape index (κ3) is 4.61. The second kappa shape index (κ2) is 9.53. The molecule has 5 rings (SSSR count). The average molecular weight is 515 g/mol. The standard InChI is InChI=1S/C23H23FN6O3S2/c1-29-19-17(21(32)30(2)23(29)33)20(28-18(27-19)12-7-9-13(24)10-8-12)34-11-16(31)26-22-25-14-5-3-4-6-15(14)35-22/h3-10,17-20,27-28H,11H2,1-2H3,(H,25,26,31). The molecular weight excluding hydrogens is 491 g/mol. The van der Waals surface area contributed by atoms with Crippen molar-refractivity contribution in [2.45, 2.75) is 17.7 Å². The average Bonchev–Trinajstić information content (AvgIpc) is 3.27. The fraction of sp³-hybridized carbons (Fsp3) is 0.304. The Hall–Kier alpha value is -3.06. The summed E-state index contributed by atoms with van der Waals surface area (Å²) in [6, 6.07) is 13.2. The molecule has 3 N–H and O–H groups in total. The van der Waals surface area contributed by atoms with Gasteiger partial charge in [-0.15, -0.1) is 11.8 Å². The van der Waals surface area contributed by atoms with Crippen LogP contribution < -0.4 is 16.0 Å². The first-order chi connectivity index (χ1) is 16.8. The molecule has 2 aliphatic heterocycles. The van der Waals surface area contributed by atoms with E-state index in [1.807, 2.05) is 24.3 Å². The quantitative estimate of drug-likeness (QED) is 0.481. The minimum absolute atomic E-state index is 0.0710. The summed E-state index contributed by atoms with van der Waals surface area (Å²) in [4.78, 5) is 45.4. The number of aromatic nitrogens is 1. The number of benzene rings is 2. The molecule has 4 unspecified atom stereocenters. The summed E-state index contributed by atoms with van der Waals surface area (Å²) < 4.78 is 14.4. The molecule has 4 amide bonds. The van der Waals surface area contributed by atoms with Crippen LogP contribution in [0.15, 0.2) is 48.5 Å². The Morgan fingerprint density at radius 1 is 1.14 bits per heavy atom. The van der Waals surface area contributed by atoms with Crippen molar-refractivity contribution >= 4 is 56.3 Å². The summed E-state index contributed by atoms with van der Waals surface area (Å²) in [5, 5.41) is 9.52. The number of thiazole rings is 1. The largest absolute Gasteiger partial charge is 0.327 e. The first-order valence-corrected chi connectivity index (χ1v) is 12.8. The third-order valence-electron chi connectivity index (χ3n) is 6.09. The highest BCUT2D eigenvalue weighted by molar-refractivity contribution is 8.00. The van der Waals surface area contributed by atoms with Gasteiger partial charge in [-0.1, -0.05) is 35.6 Å². The van der Waals surface area contributed by atoms with Crippen molar-refractivity contribution in [1.29, 1.82) is 0 Å². The van der Waals surface area contributed by atoms with Gasteiger partial charge in [0.25, 0.3) is 0 Å². The van der Waals surface area contributed by atoms with E-state index in [1.165, 1.54) is 47.2 Å². The lowest BCUT2D eigenvalue weighted by atomic mass is 9.96. The number of imide groups is 1. The number of anilines is 1. The maximum Gasteiger partial charge on any atom is 0.327 e. The predicted molar refractivity (Wildman–Crippen MR) is 133 cm³/mol. The molecule has 182 valence electrons. The second-order valence-corrected chi connectivity index (χ2v) is 10.5. The number of hydrogen-bond donors (Lipinski definition) is 3. The molecule has 0 bridgehead atoms. The third-order valence-corrected chi connectivity index (χ3v) is 8.26. The zero-order valence-electron chi connectivity index (χ0n) is 18.9. The minimum atomic E-state index is -0.625. The van der Waals surface area contributed by atoms with E-state index in [4.69, 9.17) is 0 Å². The van der Waals surface area contributed by atoms with Crippen molar-refractivity contribution < 1.29 is 18.8 Å². The van der Waals surface area contributed by atoms with Gasteiger partial charge in [-0.3, -0.25) is 25.1 Å². The van der Waals surface area contributed by atoms with Crippen molar-refractivity contribution in [3.8, 4) is 0 Å². The van der Waals surface area contributed by atoms with Gasteiger partial charge in [0.2, 0.25) is 11.8 Å². The van der Waals surface area contributed by atoms with E-state index in [1.54, 1.807) is 19.2 Å². The van der Waals surface area contributed by atoms with Crippen molar-refractivity contribution in [1.82, 2.24) is 25.4 Å². The molecular formula is C23H23FN6O3S2. The van der Waals surface area contributed by atoms with Crippen LogP contribution in [0.1, 0.15) is 11.7 Å². The number of carbonyl (C=O) groups excluding carboxylic acids is 3. The summed E-state index contributed by atoms with van der Waals surface area (Å²) in [6.07, 6.45) is -1.04. The van der Waals surface area contributed by atoms with Crippen LogP contribution in [0.3, 0.4) is 0 Å². The van der Waals surface area contributed by atoms with Gasteiger partial charge >= 0.3 is 6.03 Å². The van der Waals surface area contributed by atoms with E-state index >= 15 is 0 Å². The Morgan fingerprint density at radius 2 is 1.89 bits per heavy atom. The minimum Gasteiger partial charge on any atom is -0.311 e. The molecule has 0 spiro atoms. The molecule has 12 heteroatoms. The molecule has 2 aromatic carbocycles. The van der Waals surface area contributed by atoms with Crippen LogP contribution >= 0.6 is 23.1 Å². The van der Waals surface area contributed by atoms with Gasteiger partial charge in [-0.2, -0.15) is 0 Å². The number of amides is 4. The smallest absolute Gasteiger partial charge is 0.311 e. The number of para-hydroxylation sites is 1. The molecule has 1 aromatic heterocycles. The molecule has 2 fully saturated rings. The monoisotopic (exact) mass is 514 g/mol. The van der Waals surface area contributed by atoms with Gasteiger partial charge < -0.3 is 10.2 Å². The first kappa shape index (κ1) is 23.7. The van der Waals surface area contributed by atoms with E-state index in [0.29, 0.717) is 5.13 Å². The maximum atomic E-state index is 13.5. The number of carbonyl (C=O) groups is 3. The second-order valence-electron chi connectivity index (χ2n) is 8.35. The molecule has 0 radical (unpaired) electrons. The van der Waals surface area contributed by atoms with Crippen LogP contribution in [-0.2, 0) is 9.59 Å². The summed E-state index contributed by atoms with van der Waals surface area (Å²) in [7, 11) is 3.08. The van der Waals surface area contributed by atoms with Crippen molar-refractivity contribution in [2.75, 3.05) is 25.2 Å². The first-order valence-electron chi connectivity index (χ1n) is 10.9. The van der Waals surface area contributed by atoms with E-state index in [9.17, 15) is 18.8 Å². The summed E-state index contributed by atoms with van der Waals surface area (Å²) in [6.45, 7) is 0. The Kier molecular flexibility index (Phi) is 6.45. The molecule has 4 atom stereocenters. The number of rotatable bonds is 5. The highest BCUT2D eigenvalue weighted by Crippen LogP contribution is 2.34. The maximum absolute atomic E-state index is 13.5. The van der Waals surface area contributed by atoms with Crippen molar-refractivity contribution in [2.24, 2.45) is 5.92 Å². The molecule has 2 saturated heterocycles. The van der Waals surface area contributed by atoms with Crippen LogP contribution in [0.25, 0.3) is 10.2 Å². The number of thioether (sulfide) groups is 1. The SMILES string of the molecule is CN1C(=O)C2C(SCC(=O)Nc3nc4ccccc4s3)NC(c3ccc(F)cc3)NC2N(C)C1=O. The Bertz CT molecular complexity index is 1250. The van der Waals surface area contributed by atoms with Gasteiger partial charge in [-0.05, 0) is 29.8 Å². The lowest BCUT2D eigenvalue weighted by molar-refractivity contribution is -0.140. The molecule has 0 saturated carbocycles. The van der Waals surface area contributed by atoms with E-state index in [-0.39, 0.29) is 23.4 Å². The Balaban J connectivity index is 1.34. The molecule has 9 nitrogen and oxygen atoms in total. The van der Waals surface area contributed by atoms with E-state index in [2.05, 4.69) is 20.9 Å². The van der Waals surface area contributed by atoms with Gasteiger partial charge in [0.05, 0.1) is 39.6 Å². The highest BCUT2D eigenvalue weighted by Gasteiger charge is 2.51. The van der Waals surface area contributed by atoms with Crippen molar-refractivity contribution in [3.63, 3.8) is 0 Å². The lowest BCUT2D eigenvalue weighted by Gasteiger charge is -2.50. The van der Waals surface area contributed by atoms with Gasteiger partial charge in [0.1, 0.15) is 5.82 Å². The molecule has 3 aromatic rings. The number of nitrogens with one attached hydrogen (secondary N) is 3. The van der Waals surface area contributed by atoms with Crippen molar-refractivity contribution in [3.05, 3.63) is 59.9 Å². The molecule has 35 heavy (non-hydrogen) atoms. The molecule has 2 aliphatic rings. The summed E-state index contributed by atoms with van der Waals surface area (Å²) in [5.41, 5.74) is 1.57. The number of fused-ring (bicyclic) bond motifs is 2. The summed E-state index contributed by atoms with van der Waals surface area (Å²) >= 11 is 2.67. The van der Waals surface area contributed by atoms with E-state index in [0.717, 1.165) is 20.7 Å². The van der Waals surface area contributed by atoms with Crippen LogP contribution in [-0.4, -0.2) is 64.0 Å². The zero-order valence-corrected chi connectivity index (χ0v) is 20.5. The van der Waals surface area contributed by atoms with Crippen LogP contribution in [0.4, 0.5) is 14.3 Å². The fourth-order valence-electron chi connectivity index (χ4n) is 4.29. The lowest BCUT2D eigenvalue weighted by Crippen LogP contribution is -2.72. The van der Waals surface area contributed by atoms with Crippen LogP contribution in [0.5, 0.6) is 0 Å². The number of urea groups is 1. The highest BCUT2D eigenvalue weighted by atomic mass is 32.2. The van der Waals surface area contributed by atoms with Gasteiger partial charge in [0, 0.05) is 14.1 Å². The normalized spacial score (nSPS) is 24.5. The molecule has 0 aliphatic carbocycles. The predicted octanol–water partition coefficient (Wildman–Crippen LogP) is 2.79. The van der Waals surface area contributed by atoms with Gasteiger partial charge in [-0.25, -0.2) is 14.2 Å². The summed E-state index contributed by atoms with van der Waals surface area (Å²) in [5.74, 6) is -1.49. The van der Waals surface area contributed by atoms with Crippen LogP contribution in [0.2, 0.25) is 0 Å². The zero-order chi connectivity index (χ0) is 24.7. The number of hydrogen-bond acceptors (Lipinski definition) is 8. The van der Waals surface area contributed by atoms with Gasteiger partial charge in [0.15, 0.2) is 5.13 Å². The Morgan fingerprint density at radius 3 is 2.63 bits per heavy atom. The van der Waals surface area contributed by atoms with Crippen LogP contribution in [0, 0.1) is 11.7 Å².